The lowest BCUT2D eigenvalue weighted by molar-refractivity contribution is -0.125. The zero-order valence-corrected chi connectivity index (χ0v) is 17.4. The summed E-state index contributed by atoms with van der Waals surface area (Å²) in [4.78, 5) is 12.8. The number of benzene rings is 2. The number of amides is 1. The van der Waals surface area contributed by atoms with Crippen LogP contribution in [0.15, 0.2) is 48.5 Å². The Morgan fingerprint density at radius 1 is 1.14 bits per heavy atom. The van der Waals surface area contributed by atoms with Crippen molar-refractivity contribution in [3.8, 4) is 0 Å². The van der Waals surface area contributed by atoms with Gasteiger partial charge in [0.1, 0.15) is 0 Å². The average Bonchev–Trinajstić information content (AvgIpc) is 3.23. The molecule has 2 aromatic rings. The van der Waals surface area contributed by atoms with E-state index >= 15 is 0 Å². The molecule has 0 saturated carbocycles. The van der Waals surface area contributed by atoms with E-state index in [0.29, 0.717) is 44.5 Å². The van der Waals surface area contributed by atoms with E-state index in [1.807, 2.05) is 49.4 Å². The summed E-state index contributed by atoms with van der Waals surface area (Å²) in [7, 11) is 0. The molecule has 3 N–H and O–H groups in total. The number of ether oxygens (including phenoxy) is 2. The van der Waals surface area contributed by atoms with Crippen LogP contribution < -0.4 is 16.2 Å². The van der Waals surface area contributed by atoms with E-state index in [4.69, 9.17) is 21.1 Å². The largest absolute Gasteiger partial charge is 0.379 e. The molecule has 6 nitrogen and oxygen atoms in total. The predicted octanol–water partition coefficient (Wildman–Crippen LogP) is 2.97. The van der Waals surface area contributed by atoms with Crippen molar-refractivity contribution in [2.75, 3.05) is 26.4 Å². The maximum atomic E-state index is 12.8. The maximum absolute atomic E-state index is 12.8. The molecule has 2 unspecified atom stereocenters. The first-order valence-corrected chi connectivity index (χ1v) is 10.3. The fourth-order valence-electron chi connectivity index (χ4n) is 3.33. The molecule has 1 aliphatic rings. The lowest BCUT2D eigenvalue weighted by Crippen LogP contribution is -2.34. The molecule has 0 radical (unpaired) electrons. The van der Waals surface area contributed by atoms with E-state index in [-0.39, 0.29) is 17.9 Å². The lowest BCUT2D eigenvalue weighted by Gasteiger charge is -2.18. The average molecular weight is 418 g/mol. The molecule has 0 bridgehead atoms. The Balaban J connectivity index is 1.50. The fraction of sp³-hybridized carbons (Fsp3) is 0.409. The summed E-state index contributed by atoms with van der Waals surface area (Å²) >= 11 is 5.97. The Morgan fingerprint density at radius 3 is 2.69 bits per heavy atom. The molecule has 29 heavy (non-hydrogen) atoms. The van der Waals surface area contributed by atoms with Crippen molar-refractivity contribution in [3.05, 3.63) is 70.2 Å². The van der Waals surface area contributed by atoms with Crippen LogP contribution in [0.2, 0.25) is 5.02 Å². The fourth-order valence-corrected chi connectivity index (χ4v) is 3.45. The number of halogens is 1. The van der Waals surface area contributed by atoms with Crippen molar-refractivity contribution >= 4 is 17.5 Å². The van der Waals surface area contributed by atoms with Crippen LogP contribution in [0.25, 0.3) is 0 Å². The van der Waals surface area contributed by atoms with Crippen LogP contribution >= 0.6 is 11.6 Å². The summed E-state index contributed by atoms with van der Waals surface area (Å²) < 4.78 is 10.9. The van der Waals surface area contributed by atoms with Gasteiger partial charge in [-0.3, -0.25) is 10.2 Å². The highest BCUT2D eigenvalue weighted by Crippen LogP contribution is 2.26. The van der Waals surface area contributed by atoms with Gasteiger partial charge in [0.15, 0.2) is 0 Å². The van der Waals surface area contributed by atoms with Crippen LogP contribution in [0.5, 0.6) is 0 Å². The first-order valence-electron chi connectivity index (χ1n) is 9.92. The van der Waals surface area contributed by atoms with Crippen molar-refractivity contribution in [1.29, 1.82) is 0 Å². The van der Waals surface area contributed by atoms with Crippen molar-refractivity contribution in [2.45, 2.75) is 26.1 Å². The van der Waals surface area contributed by atoms with Gasteiger partial charge in [0, 0.05) is 24.7 Å². The van der Waals surface area contributed by atoms with Gasteiger partial charge in [-0.05, 0) is 35.7 Å². The molecule has 3 rings (SSSR count). The topological polar surface area (TPSA) is 71.6 Å². The monoisotopic (exact) mass is 417 g/mol. The van der Waals surface area contributed by atoms with Crippen molar-refractivity contribution in [1.82, 2.24) is 16.2 Å². The summed E-state index contributed by atoms with van der Waals surface area (Å²) in [5.74, 6) is -0.179. The van der Waals surface area contributed by atoms with E-state index < -0.39 is 0 Å². The zero-order chi connectivity index (χ0) is 20.5. The summed E-state index contributed by atoms with van der Waals surface area (Å²) in [5.41, 5.74) is 9.44. The Kier molecular flexibility index (Phi) is 8.46. The van der Waals surface area contributed by atoms with E-state index in [0.717, 1.165) is 16.7 Å². The highest BCUT2D eigenvalue weighted by Gasteiger charge is 2.33. The van der Waals surface area contributed by atoms with Crippen LogP contribution in [0, 0.1) is 5.92 Å². The number of nitrogens with one attached hydrogen (secondary N) is 3. The van der Waals surface area contributed by atoms with Gasteiger partial charge in [0.05, 0.1) is 31.8 Å². The molecule has 0 aliphatic carbocycles. The van der Waals surface area contributed by atoms with Crippen LogP contribution in [0.4, 0.5) is 0 Å². The quantitative estimate of drug-likeness (QED) is 0.518. The van der Waals surface area contributed by atoms with Gasteiger partial charge in [-0.1, -0.05) is 48.0 Å². The summed E-state index contributed by atoms with van der Waals surface area (Å²) in [6.07, 6.45) is 0. The number of carbonyl (C=O) groups excluding carboxylic acids is 1. The first kappa shape index (κ1) is 21.7. The molecule has 2 aromatic carbocycles. The van der Waals surface area contributed by atoms with E-state index in [2.05, 4.69) is 22.2 Å². The molecule has 1 saturated heterocycles. The standard InChI is InChI=1S/C22H28ClN3O3/c1-2-28-10-11-29-15-17-5-3-4-16(12-17)13-24-22(27)20-14-25-26-21(20)18-6-8-19(23)9-7-18/h3-9,12,20-21,25-26H,2,10-11,13-15H2,1H3,(H,24,27). The third kappa shape index (κ3) is 6.52. The number of hydrogen-bond acceptors (Lipinski definition) is 5. The number of hydrazine groups is 1. The minimum absolute atomic E-state index is 0.0146. The molecule has 7 heteroatoms. The smallest absolute Gasteiger partial charge is 0.226 e. The summed E-state index contributed by atoms with van der Waals surface area (Å²) in [6.45, 7) is 5.43. The number of rotatable bonds is 10. The lowest BCUT2D eigenvalue weighted by atomic mass is 9.94. The second-order valence-corrected chi connectivity index (χ2v) is 7.38. The SMILES string of the molecule is CCOCCOCc1cccc(CNC(=O)C2CNNC2c2ccc(Cl)cc2)c1. The van der Waals surface area contributed by atoms with Crippen LogP contribution in [0.3, 0.4) is 0 Å². The molecule has 1 heterocycles. The highest BCUT2D eigenvalue weighted by atomic mass is 35.5. The van der Waals surface area contributed by atoms with Gasteiger partial charge in [-0.2, -0.15) is 0 Å². The van der Waals surface area contributed by atoms with E-state index in [9.17, 15) is 4.79 Å². The first-order chi connectivity index (χ1) is 14.2. The highest BCUT2D eigenvalue weighted by molar-refractivity contribution is 6.30. The third-order valence-corrected chi connectivity index (χ3v) is 5.10. The molecule has 2 atom stereocenters. The van der Waals surface area contributed by atoms with Gasteiger partial charge >= 0.3 is 0 Å². The minimum Gasteiger partial charge on any atom is -0.379 e. The Labute approximate surface area is 176 Å². The van der Waals surface area contributed by atoms with E-state index in [1.54, 1.807) is 0 Å². The Bertz CT molecular complexity index is 785. The molecule has 0 spiro atoms. The molecule has 156 valence electrons. The van der Waals surface area contributed by atoms with E-state index in [1.165, 1.54) is 0 Å². The molecule has 0 aromatic heterocycles. The van der Waals surface area contributed by atoms with Crippen molar-refractivity contribution in [3.63, 3.8) is 0 Å². The molecule has 1 aliphatic heterocycles. The summed E-state index contributed by atoms with van der Waals surface area (Å²) in [6, 6.07) is 15.6. The van der Waals surface area contributed by atoms with Crippen molar-refractivity contribution in [2.24, 2.45) is 5.92 Å². The molecular weight excluding hydrogens is 390 g/mol. The second kappa shape index (κ2) is 11.3. The van der Waals surface area contributed by atoms with Crippen LogP contribution in [-0.2, 0) is 27.4 Å². The normalized spacial score (nSPS) is 18.7. The summed E-state index contributed by atoms with van der Waals surface area (Å²) in [5, 5.41) is 3.74. The van der Waals surface area contributed by atoms with Crippen LogP contribution in [-0.4, -0.2) is 32.3 Å². The third-order valence-electron chi connectivity index (χ3n) is 4.85. The molecular formula is C22H28ClN3O3. The van der Waals surface area contributed by atoms with Gasteiger partial charge in [-0.25, -0.2) is 5.43 Å². The Morgan fingerprint density at radius 2 is 1.90 bits per heavy atom. The molecule has 1 fully saturated rings. The van der Waals surface area contributed by atoms with Gasteiger partial charge in [0.25, 0.3) is 0 Å². The second-order valence-electron chi connectivity index (χ2n) is 6.95. The number of hydrogen-bond donors (Lipinski definition) is 3. The zero-order valence-electron chi connectivity index (χ0n) is 16.6. The maximum Gasteiger partial charge on any atom is 0.226 e. The van der Waals surface area contributed by atoms with Crippen LogP contribution in [0.1, 0.15) is 29.7 Å². The van der Waals surface area contributed by atoms with Gasteiger partial charge in [0.2, 0.25) is 5.91 Å². The van der Waals surface area contributed by atoms with Gasteiger partial charge in [-0.15, -0.1) is 0 Å². The van der Waals surface area contributed by atoms with Gasteiger partial charge < -0.3 is 14.8 Å². The molecule has 1 amide bonds. The minimum atomic E-state index is -0.193. The Hall–Kier alpha value is -1.96. The number of carbonyl (C=O) groups is 1. The predicted molar refractivity (Wildman–Crippen MR) is 113 cm³/mol. The van der Waals surface area contributed by atoms with Crippen molar-refractivity contribution < 1.29 is 14.3 Å².